The Balaban J connectivity index is 1.64. The summed E-state index contributed by atoms with van der Waals surface area (Å²) in [7, 11) is 0. The largest absolute Gasteiger partial charge is 0.434 e. The van der Waals surface area contributed by atoms with E-state index in [0.717, 1.165) is 31.6 Å². The molecule has 26 heavy (non-hydrogen) atoms. The molecule has 3 rings (SSSR count). The lowest BCUT2D eigenvalue weighted by Gasteiger charge is -2.46. The molecule has 1 saturated heterocycles. The summed E-state index contributed by atoms with van der Waals surface area (Å²) in [6.07, 6.45) is 7.22. The predicted molar refractivity (Wildman–Crippen MR) is 97.4 cm³/mol. The van der Waals surface area contributed by atoms with Gasteiger partial charge in [-0.1, -0.05) is 37.5 Å². The number of halogens is 2. The lowest BCUT2D eigenvalue weighted by atomic mass is 9.91. The van der Waals surface area contributed by atoms with E-state index in [9.17, 15) is 13.9 Å². The van der Waals surface area contributed by atoms with Crippen molar-refractivity contribution in [2.24, 2.45) is 0 Å². The van der Waals surface area contributed by atoms with Crippen molar-refractivity contribution in [3.8, 4) is 5.75 Å². The third-order valence-electron chi connectivity index (χ3n) is 5.70. The molecule has 1 N–H and O–H groups in total. The predicted octanol–water partition coefficient (Wildman–Crippen LogP) is 3.49. The Bertz CT molecular complexity index is 552. The van der Waals surface area contributed by atoms with Gasteiger partial charge >= 0.3 is 6.61 Å². The zero-order valence-corrected chi connectivity index (χ0v) is 15.3. The molecule has 0 amide bonds. The summed E-state index contributed by atoms with van der Waals surface area (Å²) in [6.45, 7) is 0.742. The van der Waals surface area contributed by atoms with Crippen molar-refractivity contribution in [3.63, 3.8) is 0 Å². The topological polar surface area (TPSA) is 35.9 Å². The Morgan fingerprint density at radius 3 is 2.62 bits per heavy atom. The second kappa shape index (κ2) is 9.62. The molecule has 2 aliphatic rings. The Morgan fingerprint density at radius 1 is 1.12 bits per heavy atom. The maximum absolute atomic E-state index is 12.6. The highest BCUT2D eigenvalue weighted by Gasteiger charge is 2.32. The molecule has 1 atom stereocenters. The molecule has 0 aromatic heterocycles. The van der Waals surface area contributed by atoms with Gasteiger partial charge in [-0.3, -0.25) is 9.80 Å². The zero-order chi connectivity index (χ0) is 18.4. The Morgan fingerprint density at radius 2 is 1.88 bits per heavy atom. The van der Waals surface area contributed by atoms with Gasteiger partial charge in [0.25, 0.3) is 0 Å². The van der Waals surface area contributed by atoms with E-state index in [0.29, 0.717) is 18.6 Å². The zero-order valence-electron chi connectivity index (χ0n) is 15.3. The molecule has 2 fully saturated rings. The molecule has 146 valence electrons. The monoisotopic (exact) mass is 368 g/mol. The molecule has 1 aromatic carbocycles. The minimum Gasteiger partial charge on any atom is -0.434 e. The van der Waals surface area contributed by atoms with Gasteiger partial charge in [0, 0.05) is 50.4 Å². The van der Waals surface area contributed by atoms with Gasteiger partial charge in [0.05, 0.1) is 0 Å². The summed E-state index contributed by atoms with van der Waals surface area (Å²) in [5.41, 5.74) is 0.793. The first kappa shape index (κ1) is 19.5. The van der Waals surface area contributed by atoms with Crippen LogP contribution in [0.15, 0.2) is 24.3 Å². The number of rotatable bonds is 7. The standard InChI is InChI=1S/C20H30F2N2O2/c21-20(22)26-19-9-5-4-6-16(19)14-23-11-12-24(18(15-23)10-13-25)17-7-2-1-3-8-17/h4-6,9,17-18,20,25H,1-3,7-8,10-15H2. The first-order valence-corrected chi connectivity index (χ1v) is 9.79. The molecule has 0 spiro atoms. The van der Waals surface area contributed by atoms with E-state index in [-0.39, 0.29) is 12.4 Å². The minimum absolute atomic E-state index is 0.187. The van der Waals surface area contributed by atoms with Crippen LogP contribution in [-0.4, -0.2) is 59.8 Å². The summed E-state index contributed by atoms with van der Waals surface area (Å²) in [6, 6.07) is 8.00. The second-order valence-corrected chi connectivity index (χ2v) is 7.42. The highest BCUT2D eigenvalue weighted by atomic mass is 19.3. The number of aliphatic hydroxyl groups is 1. The summed E-state index contributed by atoms with van der Waals surface area (Å²) in [5, 5.41) is 9.51. The van der Waals surface area contributed by atoms with Gasteiger partial charge in [-0.25, -0.2) is 0 Å². The quantitative estimate of drug-likeness (QED) is 0.799. The SMILES string of the molecule is OCCC1CN(Cc2ccccc2OC(F)F)CCN1C1CCCCC1. The van der Waals surface area contributed by atoms with E-state index < -0.39 is 6.61 Å². The molecule has 1 aliphatic carbocycles. The fourth-order valence-corrected chi connectivity index (χ4v) is 4.46. The summed E-state index contributed by atoms with van der Waals surface area (Å²) in [5.74, 6) is 0.260. The van der Waals surface area contributed by atoms with E-state index in [1.807, 2.05) is 12.1 Å². The van der Waals surface area contributed by atoms with Gasteiger partial charge in [-0.2, -0.15) is 8.78 Å². The number of ether oxygens (including phenoxy) is 1. The van der Waals surface area contributed by atoms with Crippen molar-refractivity contribution in [2.75, 3.05) is 26.2 Å². The average molecular weight is 368 g/mol. The first-order valence-electron chi connectivity index (χ1n) is 9.79. The molecule has 0 radical (unpaired) electrons. The number of aliphatic hydroxyl groups excluding tert-OH is 1. The Kier molecular flexibility index (Phi) is 7.23. The number of benzene rings is 1. The maximum Gasteiger partial charge on any atom is 0.387 e. The molecule has 1 saturated carbocycles. The maximum atomic E-state index is 12.6. The van der Waals surface area contributed by atoms with Gasteiger partial charge in [0.1, 0.15) is 5.75 Å². The number of piperazine rings is 1. The lowest BCUT2D eigenvalue weighted by molar-refractivity contribution is -0.0512. The number of alkyl halides is 2. The van der Waals surface area contributed by atoms with Crippen LogP contribution in [0.5, 0.6) is 5.75 Å². The van der Waals surface area contributed by atoms with Crippen LogP contribution in [0, 0.1) is 0 Å². The molecule has 4 nitrogen and oxygen atoms in total. The smallest absolute Gasteiger partial charge is 0.387 e. The van der Waals surface area contributed by atoms with Crippen LogP contribution in [0.2, 0.25) is 0 Å². The van der Waals surface area contributed by atoms with Crippen molar-refractivity contribution < 1.29 is 18.6 Å². The highest BCUT2D eigenvalue weighted by molar-refractivity contribution is 5.33. The van der Waals surface area contributed by atoms with Crippen LogP contribution in [0.4, 0.5) is 8.78 Å². The molecule has 0 bridgehead atoms. The Hall–Kier alpha value is -1.24. The number of para-hydroxylation sites is 1. The third kappa shape index (κ3) is 5.15. The van der Waals surface area contributed by atoms with Crippen molar-refractivity contribution in [1.29, 1.82) is 0 Å². The van der Waals surface area contributed by atoms with E-state index in [1.165, 1.54) is 32.1 Å². The van der Waals surface area contributed by atoms with E-state index >= 15 is 0 Å². The normalized spacial score (nSPS) is 23.5. The summed E-state index contributed by atoms with van der Waals surface area (Å²) in [4.78, 5) is 4.89. The number of hydrogen-bond donors (Lipinski definition) is 1. The molecule has 1 heterocycles. The molecule has 1 unspecified atom stereocenters. The summed E-state index contributed by atoms with van der Waals surface area (Å²) >= 11 is 0. The van der Waals surface area contributed by atoms with Crippen molar-refractivity contribution in [1.82, 2.24) is 9.80 Å². The van der Waals surface area contributed by atoms with Crippen molar-refractivity contribution in [3.05, 3.63) is 29.8 Å². The van der Waals surface area contributed by atoms with Gasteiger partial charge < -0.3 is 9.84 Å². The molecule has 1 aliphatic heterocycles. The first-order chi connectivity index (χ1) is 12.7. The summed E-state index contributed by atoms with van der Waals surface area (Å²) < 4.78 is 29.9. The van der Waals surface area contributed by atoms with Crippen LogP contribution in [-0.2, 0) is 6.54 Å². The van der Waals surface area contributed by atoms with Gasteiger partial charge in [0.15, 0.2) is 0 Å². The fraction of sp³-hybridized carbons (Fsp3) is 0.700. The average Bonchev–Trinajstić information content (AvgIpc) is 2.64. The molecular formula is C20H30F2N2O2. The van der Waals surface area contributed by atoms with E-state index in [2.05, 4.69) is 14.5 Å². The van der Waals surface area contributed by atoms with Crippen molar-refractivity contribution in [2.45, 2.75) is 63.8 Å². The van der Waals surface area contributed by atoms with Gasteiger partial charge in [0.2, 0.25) is 0 Å². The Labute approximate surface area is 154 Å². The van der Waals surface area contributed by atoms with Crippen LogP contribution < -0.4 is 4.74 Å². The molecule has 6 heteroatoms. The van der Waals surface area contributed by atoms with Gasteiger partial charge in [-0.05, 0) is 25.3 Å². The van der Waals surface area contributed by atoms with E-state index in [1.54, 1.807) is 12.1 Å². The third-order valence-corrected chi connectivity index (χ3v) is 5.70. The minimum atomic E-state index is -2.80. The lowest BCUT2D eigenvalue weighted by Crippen LogP contribution is -2.56. The van der Waals surface area contributed by atoms with Crippen LogP contribution >= 0.6 is 0 Å². The van der Waals surface area contributed by atoms with Crippen LogP contribution in [0.1, 0.15) is 44.1 Å². The van der Waals surface area contributed by atoms with Gasteiger partial charge in [-0.15, -0.1) is 0 Å². The molecule has 1 aromatic rings. The molecular weight excluding hydrogens is 338 g/mol. The van der Waals surface area contributed by atoms with Crippen molar-refractivity contribution >= 4 is 0 Å². The van der Waals surface area contributed by atoms with E-state index in [4.69, 9.17) is 0 Å². The highest BCUT2D eigenvalue weighted by Crippen LogP contribution is 2.28. The fourth-order valence-electron chi connectivity index (χ4n) is 4.46. The van der Waals surface area contributed by atoms with Crippen LogP contribution in [0.3, 0.4) is 0 Å². The number of hydrogen-bond acceptors (Lipinski definition) is 4. The second-order valence-electron chi connectivity index (χ2n) is 7.42. The van der Waals surface area contributed by atoms with Crippen LogP contribution in [0.25, 0.3) is 0 Å². The number of nitrogens with zero attached hydrogens (tertiary/aromatic N) is 2.